The maximum Gasteiger partial charge on any atom is 0.337 e. The zero-order valence-electron chi connectivity index (χ0n) is 13.5. The molecular weight excluding hydrogens is 379 g/mol. The van der Waals surface area contributed by atoms with E-state index in [1.807, 2.05) is 0 Å². The fourth-order valence-electron chi connectivity index (χ4n) is 2.41. The average Bonchev–Trinajstić information content (AvgIpc) is 2.86. The second-order valence-electron chi connectivity index (χ2n) is 5.31. The number of benzene rings is 2. The van der Waals surface area contributed by atoms with Crippen LogP contribution in [0.2, 0.25) is 5.02 Å². The van der Waals surface area contributed by atoms with Gasteiger partial charge < -0.3 is 10.1 Å². The van der Waals surface area contributed by atoms with Crippen molar-refractivity contribution in [3.8, 4) is 0 Å². The molecule has 1 aliphatic rings. The first-order valence-electron chi connectivity index (χ1n) is 7.42. The van der Waals surface area contributed by atoms with Crippen LogP contribution >= 0.6 is 23.2 Å². The Kier molecular flexibility index (Phi) is 4.97. The normalized spacial score (nSPS) is 14.0. The van der Waals surface area contributed by atoms with Crippen molar-refractivity contribution in [1.82, 2.24) is 0 Å². The highest BCUT2D eigenvalue weighted by atomic mass is 35.5. The molecule has 0 radical (unpaired) electrons. The van der Waals surface area contributed by atoms with Crippen molar-refractivity contribution in [2.24, 2.45) is 0 Å². The molecule has 26 heavy (non-hydrogen) atoms. The Morgan fingerprint density at radius 3 is 2.38 bits per heavy atom. The Morgan fingerprint density at radius 2 is 1.73 bits per heavy atom. The Hall–Kier alpha value is -2.83. The van der Waals surface area contributed by atoms with Crippen LogP contribution in [0.5, 0.6) is 0 Å². The number of esters is 1. The summed E-state index contributed by atoms with van der Waals surface area (Å²) < 4.78 is 4.65. The predicted molar refractivity (Wildman–Crippen MR) is 98.2 cm³/mol. The zero-order chi connectivity index (χ0) is 18.8. The van der Waals surface area contributed by atoms with Gasteiger partial charge in [-0.2, -0.15) is 0 Å². The van der Waals surface area contributed by atoms with Gasteiger partial charge in [-0.1, -0.05) is 29.3 Å². The molecule has 0 spiro atoms. The summed E-state index contributed by atoms with van der Waals surface area (Å²) in [4.78, 5) is 37.7. The number of nitrogens with zero attached hydrogens (tertiary/aromatic N) is 1. The van der Waals surface area contributed by atoms with Crippen LogP contribution in [0.15, 0.2) is 59.3 Å². The summed E-state index contributed by atoms with van der Waals surface area (Å²) in [5.41, 5.74) is 0.922. The molecule has 0 aromatic heterocycles. The predicted octanol–water partition coefficient (Wildman–Crippen LogP) is 3.56. The Labute approximate surface area is 158 Å². The van der Waals surface area contributed by atoms with Gasteiger partial charge in [-0.05, 0) is 42.5 Å². The molecular formula is C18H12Cl2N2O4. The quantitative estimate of drug-likeness (QED) is 0.637. The van der Waals surface area contributed by atoms with E-state index in [4.69, 9.17) is 23.2 Å². The van der Waals surface area contributed by atoms with E-state index in [0.717, 1.165) is 4.90 Å². The molecule has 8 heteroatoms. The van der Waals surface area contributed by atoms with Crippen molar-refractivity contribution < 1.29 is 19.1 Å². The molecule has 1 N–H and O–H groups in total. The van der Waals surface area contributed by atoms with Crippen molar-refractivity contribution in [3.63, 3.8) is 0 Å². The second kappa shape index (κ2) is 7.19. The average molecular weight is 391 g/mol. The SMILES string of the molecule is COC(=O)c1cccc(N2C(=O)C(Cl)=C(Nc3ccc(Cl)cc3)C2=O)c1. The number of anilines is 2. The molecule has 0 atom stereocenters. The second-order valence-corrected chi connectivity index (χ2v) is 6.12. The van der Waals surface area contributed by atoms with Crippen LogP contribution < -0.4 is 10.2 Å². The fraction of sp³-hybridized carbons (Fsp3) is 0.0556. The number of hydrogen-bond acceptors (Lipinski definition) is 5. The first-order chi connectivity index (χ1) is 12.4. The van der Waals surface area contributed by atoms with Crippen LogP contribution in [0.1, 0.15) is 10.4 Å². The maximum atomic E-state index is 12.7. The van der Waals surface area contributed by atoms with Crippen LogP contribution in [0.3, 0.4) is 0 Å². The number of hydrogen-bond donors (Lipinski definition) is 1. The lowest BCUT2D eigenvalue weighted by Crippen LogP contribution is -2.32. The Morgan fingerprint density at radius 1 is 1.04 bits per heavy atom. The molecule has 0 fully saturated rings. The highest BCUT2D eigenvalue weighted by Crippen LogP contribution is 2.30. The highest BCUT2D eigenvalue weighted by molar-refractivity contribution is 6.53. The number of rotatable bonds is 4. The molecule has 2 aromatic rings. The van der Waals surface area contributed by atoms with Gasteiger partial charge in [-0.15, -0.1) is 0 Å². The molecule has 3 rings (SSSR count). The first kappa shape index (κ1) is 18.0. The number of nitrogens with one attached hydrogen (secondary N) is 1. The largest absolute Gasteiger partial charge is 0.465 e. The third-order valence-corrected chi connectivity index (χ3v) is 4.27. The number of carbonyl (C=O) groups excluding carboxylic acids is 3. The summed E-state index contributed by atoms with van der Waals surface area (Å²) in [6, 6.07) is 12.5. The molecule has 0 unspecified atom stereocenters. The zero-order valence-corrected chi connectivity index (χ0v) is 15.0. The van der Waals surface area contributed by atoms with Gasteiger partial charge in [-0.3, -0.25) is 9.59 Å². The molecule has 1 aliphatic heterocycles. The van der Waals surface area contributed by atoms with Crippen molar-refractivity contribution in [1.29, 1.82) is 0 Å². The van der Waals surface area contributed by atoms with Crippen LogP contribution in [0.4, 0.5) is 11.4 Å². The molecule has 6 nitrogen and oxygen atoms in total. The van der Waals surface area contributed by atoms with E-state index in [1.165, 1.54) is 25.3 Å². The first-order valence-corrected chi connectivity index (χ1v) is 8.17. The van der Waals surface area contributed by atoms with Crippen LogP contribution in [-0.2, 0) is 14.3 Å². The van der Waals surface area contributed by atoms with E-state index in [1.54, 1.807) is 30.3 Å². The van der Waals surface area contributed by atoms with Crippen molar-refractivity contribution in [3.05, 3.63) is 69.8 Å². The molecule has 1 heterocycles. The lowest BCUT2D eigenvalue weighted by atomic mass is 10.2. The Bertz CT molecular complexity index is 938. The molecule has 0 saturated heterocycles. The van der Waals surface area contributed by atoms with Gasteiger partial charge in [-0.25, -0.2) is 9.69 Å². The monoisotopic (exact) mass is 390 g/mol. The number of carbonyl (C=O) groups is 3. The topological polar surface area (TPSA) is 75.7 Å². The van der Waals surface area contributed by atoms with Crippen molar-refractivity contribution in [2.75, 3.05) is 17.3 Å². The highest BCUT2D eigenvalue weighted by Gasteiger charge is 2.39. The molecule has 0 aliphatic carbocycles. The van der Waals surface area contributed by atoms with E-state index in [-0.39, 0.29) is 22.0 Å². The third-order valence-electron chi connectivity index (χ3n) is 3.67. The minimum atomic E-state index is -0.685. The summed E-state index contributed by atoms with van der Waals surface area (Å²) in [5, 5.41) is 3.12. The van der Waals surface area contributed by atoms with Gasteiger partial charge in [0.15, 0.2) is 0 Å². The lowest BCUT2D eigenvalue weighted by molar-refractivity contribution is -0.120. The van der Waals surface area contributed by atoms with Gasteiger partial charge in [0.1, 0.15) is 10.7 Å². The van der Waals surface area contributed by atoms with E-state index in [2.05, 4.69) is 10.1 Å². The van der Waals surface area contributed by atoms with E-state index in [0.29, 0.717) is 10.7 Å². The van der Waals surface area contributed by atoms with Crippen LogP contribution in [-0.4, -0.2) is 24.9 Å². The lowest BCUT2D eigenvalue weighted by Gasteiger charge is -2.15. The van der Waals surface area contributed by atoms with Crippen molar-refractivity contribution in [2.45, 2.75) is 0 Å². The summed E-state index contributed by atoms with van der Waals surface area (Å²) in [6.07, 6.45) is 0. The number of amides is 2. The summed E-state index contributed by atoms with van der Waals surface area (Å²) in [5.74, 6) is -1.89. The molecule has 132 valence electrons. The number of methoxy groups -OCH3 is 1. The van der Waals surface area contributed by atoms with Gasteiger partial charge in [0, 0.05) is 10.7 Å². The summed E-state index contributed by atoms with van der Waals surface area (Å²) in [7, 11) is 1.24. The minimum absolute atomic E-state index is 0.0533. The Balaban J connectivity index is 1.91. The van der Waals surface area contributed by atoms with Gasteiger partial charge >= 0.3 is 5.97 Å². The number of ether oxygens (including phenoxy) is 1. The third kappa shape index (κ3) is 3.29. The van der Waals surface area contributed by atoms with Crippen molar-refractivity contribution >= 4 is 52.4 Å². The van der Waals surface area contributed by atoms with Gasteiger partial charge in [0.05, 0.1) is 18.4 Å². The molecule has 0 bridgehead atoms. The smallest absolute Gasteiger partial charge is 0.337 e. The standard InChI is InChI=1S/C18H12Cl2N2O4/c1-26-18(25)10-3-2-4-13(9-10)22-16(23)14(20)15(17(22)24)21-12-7-5-11(19)6-8-12/h2-9,21H,1H3. The summed E-state index contributed by atoms with van der Waals surface area (Å²) >= 11 is 11.9. The molecule has 2 amide bonds. The van der Waals surface area contributed by atoms with Crippen LogP contribution in [0.25, 0.3) is 0 Å². The van der Waals surface area contributed by atoms with Crippen LogP contribution in [0, 0.1) is 0 Å². The van der Waals surface area contributed by atoms with E-state index < -0.39 is 17.8 Å². The van der Waals surface area contributed by atoms with Gasteiger partial charge in [0.25, 0.3) is 11.8 Å². The minimum Gasteiger partial charge on any atom is -0.465 e. The number of imide groups is 1. The van der Waals surface area contributed by atoms with E-state index >= 15 is 0 Å². The maximum absolute atomic E-state index is 12.7. The fourth-order valence-corrected chi connectivity index (χ4v) is 2.75. The molecule has 2 aromatic carbocycles. The number of halogens is 2. The summed E-state index contributed by atoms with van der Waals surface area (Å²) in [6.45, 7) is 0. The van der Waals surface area contributed by atoms with Gasteiger partial charge in [0.2, 0.25) is 0 Å². The van der Waals surface area contributed by atoms with E-state index in [9.17, 15) is 14.4 Å². The molecule has 0 saturated carbocycles.